The van der Waals surface area contributed by atoms with Crippen LogP contribution in [0.15, 0.2) is 17.5 Å². The molecule has 1 aliphatic carbocycles. The summed E-state index contributed by atoms with van der Waals surface area (Å²) in [4.78, 5) is 1.43. The minimum atomic E-state index is -0.00345. The van der Waals surface area contributed by atoms with Gasteiger partial charge in [-0.3, -0.25) is 0 Å². The first kappa shape index (κ1) is 15.0. The van der Waals surface area contributed by atoms with E-state index in [2.05, 4.69) is 29.8 Å². The fourth-order valence-electron chi connectivity index (χ4n) is 3.23. The minimum absolute atomic E-state index is 0.00345. The molecule has 0 amide bonds. The van der Waals surface area contributed by atoms with E-state index in [1.807, 2.05) is 18.4 Å². The van der Waals surface area contributed by atoms with Crippen molar-refractivity contribution in [2.75, 3.05) is 13.7 Å². The average Bonchev–Trinajstić information content (AvgIpc) is 2.85. The van der Waals surface area contributed by atoms with E-state index in [4.69, 9.17) is 4.74 Å². The molecule has 0 spiro atoms. The van der Waals surface area contributed by atoms with E-state index in [-0.39, 0.29) is 5.60 Å². The Kier molecular flexibility index (Phi) is 5.86. The maximum absolute atomic E-state index is 6.09. The number of hydrogen-bond acceptors (Lipinski definition) is 3. The lowest BCUT2D eigenvalue weighted by atomic mass is 9.85. The quantitative estimate of drug-likeness (QED) is 0.774. The van der Waals surface area contributed by atoms with Crippen LogP contribution in [0.25, 0.3) is 0 Å². The van der Waals surface area contributed by atoms with Crippen molar-refractivity contribution < 1.29 is 4.74 Å². The van der Waals surface area contributed by atoms with E-state index < -0.39 is 0 Å². The Morgan fingerprint density at radius 3 is 2.58 bits per heavy atom. The Bertz CT molecular complexity index is 342. The lowest BCUT2D eigenvalue weighted by Gasteiger charge is -2.39. The summed E-state index contributed by atoms with van der Waals surface area (Å²) >= 11 is 1.85. The Balaban J connectivity index is 2.22. The number of rotatable bonds is 6. The number of ether oxygens (including phenoxy) is 1. The van der Waals surface area contributed by atoms with Crippen LogP contribution in [0.4, 0.5) is 0 Å². The summed E-state index contributed by atoms with van der Waals surface area (Å²) in [6.45, 7) is 3.29. The zero-order valence-corrected chi connectivity index (χ0v) is 13.1. The van der Waals surface area contributed by atoms with E-state index in [0.717, 1.165) is 6.54 Å². The molecule has 0 radical (unpaired) electrons. The Morgan fingerprint density at radius 1 is 1.32 bits per heavy atom. The molecule has 1 atom stereocenters. The number of methoxy groups -OCH3 is 1. The van der Waals surface area contributed by atoms with E-state index in [0.29, 0.717) is 6.04 Å². The molecule has 2 rings (SSSR count). The largest absolute Gasteiger partial charge is 0.376 e. The molecule has 1 aromatic rings. The van der Waals surface area contributed by atoms with Crippen LogP contribution in [0, 0.1) is 0 Å². The van der Waals surface area contributed by atoms with Crippen LogP contribution >= 0.6 is 11.3 Å². The molecular weight excluding hydrogens is 254 g/mol. The van der Waals surface area contributed by atoms with Crippen LogP contribution in [-0.4, -0.2) is 19.3 Å². The van der Waals surface area contributed by atoms with Crippen molar-refractivity contribution in [2.24, 2.45) is 0 Å². The third-order valence-electron chi connectivity index (χ3n) is 4.31. The molecule has 1 aliphatic rings. The second-order valence-corrected chi connectivity index (χ2v) is 6.56. The van der Waals surface area contributed by atoms with Crippen molar-refractivity contribution in [2.45, 2.75) is 63.5 Å². The van der Waals surface area contributed by atoms with E-state index in [1.165, 1.54) is 49.8 Å². The van der Waals surface area contributed by atoms with Gasteiger partial charge in [0.05, 0.1) is 11.6 Å². The highest BCUT2D eigenvalue weighted by Crippen LogP contribution is 2.41. The molecule has 1 aromatic heterocycles. The molecule has 1 N–H and O–H groups in total. The van der Waals surface area contributed by atoms with E-state index in [9.17, 15) is 0 Å². The van der Waals surface area contributed by atoms with Gasteiger partial charge in [0, 0.05) is 12.0 Å². The van der Waals surface area contributed by atoms with Gasteiger partial charge >= 0.3 is 0 Å². The molecule has 1 saturated carbocycles. The first-order chi connectivity index (χ1) is 9.32. The van der Waals surface area contributed by atoms with Crippen LogP contribution in [-0.2, 0) is 4.74 Å². The molecule has 0 bridgehead atoms. The third-order valence-corrected chi connectivity index (χ3v) is 5.25. The zero-order chi connectivity index (χ0) is 13.6. The van der Waals surface area contributed by atoms with Gasteiger partial charge in [-0.2, -0.15) is 0 Å². The summed E-state index contributed by atoms with van der Waals surface area (Å²) in [5, 5.41) is 5.92. The average molecular weight is 281 g/mol. The predicted molar refractivity (Wildman–Crippen MR) is 82.8 cm³/mol. The van der Waals surface area contributed by atoms with Gasteiger partial charge in [0.2, 0.25) is 0 Å². The topological polar surface area (TPSA) is 21.3 Å². The molecule has 1 unspecified atom stereocenters. The van der Waals surface area contributed by atoms with Gasteiger partial charge in [0.1, 0.15) is 0 Å². The SMILES string of the molecule is CCCNC(c1cccs1)C1(OC)CCCCCC1. The van der Waals surface area contributed by atoms with E-state index in [1.54, 1.807) is 0 Å². The molecule has 0 aliphatic heterocycles. The van der Waals surface area contributed by atoms with Crippen molar-refractivity contribution in [1.82, 2.24) is 5.32 Å². The maximum Gasteiger partial charge on any atom is 0.0880 e. The molecule has 0 saturated heterocycles. The van der Waals surface area contributed by atoms with E-state index >= 15 is 0 Å². The van der Waals surface area contributed by atoms with Crippen LogP contribution in [0.3, 0.4) is 0 Å². The summed E-state index contributed by atoms with van der Waals surface area (Å²) < 4.78 is 6.09. The van der Waals surface area contributed by atoms with Crippen molar-refractivity contribution in [3.63, 3.8) is 0 Å². The molecule has 19 heavy (non-hydrogen) atoms. The molecule has 1 heterocycles. The number of thiophene rings is 1. The van der Waals surface area contributed by atoms with Gasteiger partial charge < -0.3 is 10.1 Å². The predicted octanol–water partition coefficient (Wildman–Crippen LogP) is 4.53. The van der Waals surface area contributed by atoms with Crippen LogP contribution < -0.4 is 5.32 Å². The highest BCUT2D eigenvalue weighted by Gasteiger charge is 2.40. The summed E-state index contributed by atoms with van der Waals surface area (Å²) in [6, 6.07) is 4.76. The van der Waals surface area contributed by atoms with Gasteiger partial charge in [-0.1, -0.05) is 38.7 Å². The highest BCUT2D eigenvalue weighted by molar-refractivity contribution is 7.10. The molecule has 1 fully saturated rings. The van der Waals surface area contributed by atoms with Gasteiger partial charge in [-0.05, 0) is 37.3 Å². The minimum Gasteiger partial charge on any atom is -0.376 e. The second kappa shape index (κ2) is 7.41. The summed E-state index contributed by atoms with van der Waals surface area (Å²) in [5.41, 5.74) is -0.00345. The standard InChI is InChI=1S/C16H27NOS/c1-3-12-17-15(14-9-8-13-19-14)16(18-2)10-6-4-5-7-11-16/h8-9,13,15,17H,3-7,10-12H2,1-2H3. The van der Waals surface area contributed by atoms with Gasteiger partial charge in [-0.15, -0.1) is 11.3 Å². The molecule has 108 valence electrons. The fourth-order valence-corrected chi connectivity index (χ4v) is 4.13. The fraction of sp³-hybridized carbons (Fsp3) is 0.750. The summed E-state index contributed by atoms with van der Waals surface area (Å²) in [7, 11) is 1.90. The lowest BCUT2D eigenvalue weighted by Crippen LogP contribution is -2.45. The third kappa shape index (κ3) is 3.59. The number of hydrogen-bond donors (Lipinski definition) is 1. The zero-order valence-electron chi connectivity index (χ0n) is 12.3. The number of nitrogens with one attached hydrogen (secondary N) is 1. The molecule has 0 aromatic carbocycles. The van der Waals surface area contributed by atoms with Crippen molar-refractivity contribution in [3.8, 4) is 0 Å². The van der Waals surface area contributed by atoms with Crippen molar-refractivity contribution >= 4 is 11.3 Å². The molecule has 3 heteroatoms. The van der Waals surface area contributed by atoms with Gasteiger partial charge in [0.15, 0.2) is 0 Å². The smallest absolute Gasteiger partial charge is 0.0880 e. The monoisotopic (exact) mass is 281 g/mol. The normalized spacial score (nSPS) is 20.9. The molecule has 2 nitrogen and oxygen atoms in total. The Labute approximate surface area is 121 Å². The van der Waals surface area contributed by atoms with Gasteiger partial charge in [-0.25, -0.2) is 0 Å². The first-order valence-corrected chi connectivity index (χ1v) is 8.52. The van der Waals surface area contributed by atoms with Gasteiger partial charge in [0.25, 0.3) is 0 Å². The maximum atomic E-state index is 6.09. The van der Waals surface area contributed by atoms with Crippen molar-refractivity contribution in [3.05, 3.63) is 22.4 Å². The molecular formula is C16H27NOS. The second-order valence-electron chi connectivity index (χ2n) is 5.59. The Morgan fingerprint density at radius 2 is 2.05 bits per heavy atom. The van der Waals surface area contributed by atoms with Crippen LogP contribution in [0.2, 0.25) is 0 Å². The van der Waals surface area contributed by atoms with Crippen molar-refractivity contribution in [1.29, 1.82) is 0 Å². The Hall–Kier alpha value is -0.380. The summed E-state index contributed by atoms with van der Waals surface area (Å²) in [6.07, 6.45) is 8.84. The lowest BCUT2D eigenvalue weighted by molar-refractivity contribution is -0.0531. The van der Waals surface area contributed by atoms with Crippen LogP contribution in [0.5, 0.6) is 0 Å². The highest BCUT2D eigenvalue weighted by atomic mass is 32.1. The van der Waals surface area contributed by atoms with Crippen LogP contribution in [0.1, 0.15) is 62.8 Å². The summed E-state index contributed by atoms with van der Waals surface area (Å²) in [5.74, 6) is 0. The first-order valence-electron chi connectivity index (χ1n) is 7.64.